The molecule has 11 nitrogen and oxygen atoms in total. The maximum Gasteiger partial charge on any atom is 0.292 e. The van der Waals surface area contributed by atoms with Crippen LogP contribution in [0, 0.1) is 6.92 Å². The molecule has 3 aromatic heterocycles. The monoisotopic (exact) mass is 302 g/mol. The van der Waals surface area contributed by atoms with Gasteiger partial charge in [0.1, 0.15) is 5.76 Å². The third kappa shape index (κ3) is 2.42. The lowest BCUT2D eigenvalue weighted by Gasteiger charge is -2.02. The van der Waals surface area contributed by atoms with E-state index in [1.807, 2.05) is 0 Å². The highest BCUT2D eigenvalue weighted by atomic mass is 16.6. The predicted molar refractivity (Wildman–Crippen MR) is 72.1 cm³/mol. The highest BCUT2D eigenvalue weighted by Gasteiger charge is 2.22. The molecule has 0 aliphatic carbocycles. The van der Waals surface area contributed by atoms with Crippen molar-refractivity contribution in [2.45, 2.75) is 6.92 Å². The minimum absolute atomic E-state index is 0.0157. The molecular weight excluding hydrogens is 292 g/mol. The summed E-state index contributed by atoms with van der Waals surface area (Å²) in [6.45, 7) is 1.61. The van der Waals surface area contributed by atoms with Gasteiger partial charge in [-0.1, -0.05) is 5.21 Å². The topological polar surface area (TPSA) is 150 Å². The van der Waals surface area contributed by atoms with Gasteiger partial charge in [0.05, 0.1) is 18.2 Å². The molecule has 112 valence electrons. The first-order valence-electron chi connectivity index (χ1n) is 6.04. The zero-order chi connectivity index (χ0) is 15.5. The lowest BCUT2D eigenvalue weighted by Crippen LogP contribution is -2.22. The van der Waals surface area contributed by atoms with E-state index >= 15 is 0 Å². The highest BCUT2D eigenvalue weighted by Crippen LogP contribution is 2.14. The molecule has 0 atom stereocenters. The van der Waals surface area contributed by atoms with E-state index in [2.05, 4.69) is 35.8 Å². The van der Waals surface area contributed by atoms with Crippen LogP contribution in [0.1, 0.15) is 21.9 Å². The van der Waals surface area contributed by atoms with Crippen LogP contribution in [0.5, 0.6) is 0 Å². The Bertz CT molecular complexity index is 816. The van der Waals surface area contributed by atoms with Gasteiger partial charge in [0.25, 0.3) is 5.91 Å². The van der Waals surface area contributed by atoms with Gasteiger partial charge in [-0.15, -0.1) is 5.10 Å². The van der Waals surface area contributed by atoms with Crippen molar-refractivity contribution in [3.63, 3.8) is 0 Å². The Balaban J connectivity index is 1.84. The molecule has 22 heavy (non-hydrogen) atoms. The molecule has 0 spiro atoms. The Kier molecular flexibility index (Phi) is 3.35. The molecule has 3 heterocycles. The third-order valence-electron chi connectivity index (χ3n) is 2.65. The SMILES string of the molecule is Cc1nnn(-c2nonc2N)c1C(=O)NN=Cc1ccco1. The van der Waals surface area contributed by atoms with Crippen molar-refractivity contribution in [3.05, 3.63) is 35.5 Å². The third-order valence-corrected chi connectivity index (χ3v) is 2.65. The molecule has 3 aromatic rings. The summed E-state index contributed by atoms with van der Waals surface area (Å²) >= 11 is 0. The summed E-state index contributed by atoms with van der Waals surface area (Å²) in [6, 6.07) is 3.39. The number of aromatic nitrogens is 5. The van der Waals surface area contributed by atoms with Gasteiger partial charge in [0.15, 0.2) is 5.69 Å². The number of hydrogen-bond acceptors (Lipinski definition) is 9. The standard InChI is InChI=1S/C11H10N8O3/c1-6-8(11(20)15-13-5-7-3-2-4-21-7)19(18-14-6)10-9(12)16-22-17-10/h2-5H,1H3,(H2,12,16)(H,15,20). The summed E-state index contributed by atoms with van der Waals surface area (Å²) in [7, 11) is 0. The molecule has 3 rings (SSSR count). The van der Waals surface area contributed by atoms with Crippen molar-refractivity contribution >= 4 is 17.9 Å². The summed E-state index contributed by atoms with van der Waals surface area (Å²) in [5, 5.41) is 18.4. The Morgan fingerprint density at radius 1 is 1.50 bits per heavy atom. The van der Waals surface area contributed by atoms with Gasteiger partial charge in [0.2, 0.25) is 11.6 Å². The van der Waals surface area contributed by atoms with Crippen LogP contribution in [0.3, 0.4) is 0 Å². The number of amides is 1. The van der Waals surface area contributed by atoms with Gasteiger partial charge in [-0.2, -0.15) is 9.78 Å². The van der Waals surface area contributed by atoms with Gasteiger partial charge in [-0.05, 0) is 29.4 Å². The molecule has 0 saturated heterocycles. The van der Waals surface area contributed by atoms with E-state index in [1.54, 1.807) is 19.1 Å². The Labute approximate surface area is 122 Å². The Morgan fingerprint density at radius 3 is 3.05 bits per heavy atom. The number of hydrazone groups is 1. The van der Waals surface area contributed by atoms with Crippen molar-refractivity contribution in [3.8, 4) is 5.82 Å². The van der Waals surface area contributed by atoms with Crippen LogP contribution in [-0.2, 0) is 0 Å². The first kappa shape index (κ1) is 13.5. The second-order valence-electron chi connectivity index (χ2n) is 4.12. The lowest BCUT2D eigenvalue weighted by molar-refractivity contribution is 0.0946. The highest BCUT2D eigenvalue weighted by molar-refractivity contribution is 5.94. The summed E-state index contributed by atoms with van der Waals surface area (Å²) in [5.74, 6) is 0.0000995. The number of carbonyl (C=O) groups excluding carboxylic acids is 1. The van der Waals surface area contributed by atoms with Crippen LogP contribution >= 0.6 is 0 Å². The van der Waals surface area contributed by atoms with E-state index < -0.39 is 5.91 Å². The van der Waals surface area contributed by atoms with E-state index in [1.165, 1.54) is 12.5 Å². The molecule has 0 unspecified atom stereocenters. The van der Waals surface area contributed by atoms with Crippen molar-refractivity contribution in [2.24, 2.45) is 5.10 Å². The Morgan fingerprint density at radius 2 is 2.36 bits per heavy atom. The number of nitrogens with zero attached hydrogens (tertiary/aromatic N) is 6. The van der Waals surface area contributed by atoms with Crippen LogP contribution in [-0.4, -0.2) is 37.4 Å². The van der Waals surface area contributed by atoms with Crippen molar-refractivity contribution in [2.75, 3.05) is 5.73 Å². The maximum atomic E-state index is 12.2. The van der Waals surface area contributed by atoms with Gasteiger partial charge in [-0.3, -0.25) is 4.79 Å². The molecule has 1 amide bonds. The lowest BCUT2D eigenvalue weighted by atomic mass is 10.3. The van der Waals surface area contributed by atoms with E-state index in [0.717, 1.165) is 4.68 Å². The normalized spacial score (nSPS) is 11.1. The number of nitrogens with one attached hydrogen (secondary N) is 1. The fourth-order valence-electron chi connectivity index (χ4n) is 1.68. The number of hydrogen-bond donors (Lipinski definition) is 2. The molecule has 0 aliphatic rings. The minimum Gasteiger partial charge on any atom is -0.463 e. The average Bonchev–Trinajstić information content (AvgIpc) is 3.20. The van der Waals surface area contributed by atoms with Gasteiger partial charge >= 0.3 is 0 Å². The molecule has 11 heteroatoms. The summed E-state index contributed by atoms with van der Waals surface area (Å²) in [5.41, 5.74) is 8.40. The van der Waals surface area contributed by atoms with Gasteiger partial charge < -0.3 is 10.2 Å². The van der Waals surface area contributed by atoms with E-state index in [-0.39, 0.29) is 17.3 Å². The van der Waals surface area contributed by atoms with Crippen LogP contribution < -0.4 is 11.2 Å². The van der Waals surface area contributed by atoms with E-state index in [0.29, 0.717) is 11.5 Å². The van der Waals surface area contributed by atoms with Gasteiger partial charge in [0, 0.05) is 0 Å². The number of nitrogens with two attached hydrogens (primary N) is 1. The maximum absolute atomic E-state index is 12.2. The predicted octanol–water partition coefficient (Wildman–Crippen LogP) is -0.102. The number of carbonyl (C=O) groups is 1. The number of furan rings is 1. The second-order valence-corrected chi connectivity index (χ2v) is 4.12. The fraction of sp³-hybridized carbons (Fsp3) is 0.0909. The van der Waals surface area contributed by atoms with E-state index in [4.69, 9.17) is 10.2 Å². The average molecular weight is 302 g/mol. The zero-order valence-corrected chi connectivity index (χ0v) is 11.3. The second kappa shape index (κ2) is 5.47. The molecule has 3 N–H and O–H groups in total. The smallest absolute Gasteiger partial charge is 0.292 e. The summed E-state index contributed by atoms with van der Waals surface area (Å²) in [6.07, 6.45) is 2.85. The quantitative estimate of drug-likeness (QED) is 0.500. The Hall–Kier alpha value is -3.50. The molecule has 0 fully saturated rings. The number of nitrogen functional groups attached to an aromatic ring is 1. The molecular formula is C11H10N8O3. The molecule has 0 aliphatic heterocycles. The minimum atomic E-state index is -0.548. The van der Waals surface area contributed by atoms with Gasteiger partial charge in [-0.25, -0.2) is 10.1 Å². The number of anilines is 1. The van der Waals surface area contributed by atoms with Crippen molar-refractivity contribution < 1.29 is 13.8 Å². The van der Waals surface area contributed by atoms with E-state index in [9.17, 15) is 4.79 Å². The van der Waals surface area contributed by atoms with Crippen LogP contribution in [0.25, 0.3) is 5.82 Å². The number of rotatable bonds is 4. The molecule has 0 bridgehead atoms. The summed E-state index contributed by atoms with van der Waals surface area (Å²) < 4.78 is 10.7. The zero-order valence-electron chi connectivity index (χ0n) is 11.3. The first-order chi connectivity index (χ1) is 10.7. The van der Waals surface area contributed by atoms with Crippen molar-refractivity contribution in [1.29, 1.82) is 0 Å². The fourth-order valence-corrected chi connectivity index (χ4v) is 1.68. The number of aryl methyl sites for hydroxylation is 1. The largest absolute Gasteiger partial charge is 0.463 e. The molecule has 0 saturated carbocycles. The summed E-state index contributed by atoms with van der Waals surface area (Å²) in [4.78, 5) is 12.2. The molecule has 0 radical (unpaired) electrons. The van der Waals surface area contributed by atoms with Crippen LogP contribution in [0.4, 0.5) is 5.82 Å². The van der Waals surface area contributed by atoms with Crippen LogP contribution in [0.2, 0.25) is 0 Å². The molecule has 0 aromatic carbocycles. The van der Waals surface area contributed by atoms with Crippen molar-refractivity contribution in [1.82, 2.24) is 30.7 Å². The van der Waals surface area contributed by atoms with Crippen LogP contribution in [0.15, 0.2) is 32.5 Å². The first-order valence-corrected chi connectivity index (χ1v) is 6.04.